The Kier molecular flexibility index (Phi) is 3.06. The molecule has 0 aromatic heterocycles. The van der Waals surface area contributed by atoms with Gasteiger partial charge in [0.1, 0.15) is 5.82 Å². The van der Waals surface area contributed by atoms with Crippen LogP contribution in [0, 0.1) is 23.6 Å². The van der Waals surface area contributed by atoms with E-state index in [1.807, 2.05) is 0 Å². The fraction of sp³-hybridized carbons (Fsp3) is 0.462. The number of hydrogen-bond donors (Lipinski definition) is 2. The van der Waals surface area contributed by atoms with Crippen LogP contribution in [-0.2, 0) is 14.8 Å². The summed E-state index contributed by atoms with van der Waals surface area (Å²) in [6, 6.07) is 3.23. The number of benzene rings is 1. The monoisotopic (exact) mass is 298 g/mol. The van der Waals surface area contributed by atoms with Crippen molar-refractivity contribution in [2.45, 2.75) is 24.2 Å². The molecular weight excluding hydrogens is 283 g/mol. The summed E-state index contributed by atoms with van der Waals surface area (Å²) in [5, 5.41) is 7.45. The number of primary sulfonamides is 1. The largest absolute Gasteiger partial charge is 0.323 e. The Morgan fingerprint density at radius 1 is 1.30 bits per heavy atom. The third-order valence-corrected chi connectivity index (χ3v) is 5.15. The first-order chi connectivity index (χ1) is 9.38. The zero-order valence-corrected chi connectivity index (χ0v) is 11.5. The average molecular weight is 298 g/mol. The van der Waals surface area contributed by atoms with Crippen LogP contribution in [0.25, 0.3) is 0 Å². The molecule has 0 aliphatic heterocycles. The molecule has 2 aliphatic rings. The molecule has 0 heterocycles. The van der Waals surface area contributed by atoms with E-state index in [-0.39, 0.29) is 22.4 Å². The van der Waals surface area contributed by atoms with Crippen molar-refractivity contribution < 1.29 is 17.6 Å². The molecule has 1 aromatic carbocycles. The number of carbonyl (C=O) groups is 1. The molecule has 0 bridgehead atoms. The van der Waals surface area contributed by atoms with Gasteiger partial charge in [-0.15, -0.1) is 0 Å². The van der Waals surface area contributed by atoms with Crippen molar-refractivity contribution in [2.75, 3.05) is 5.32 Å². The van der Waals surface area contributed by atoms with Crippen molar-refractivity contribution >= 4 is 21.6 Å². The second kappa shape index (κ2) is 4.53. The summed E-state index contributed by atoms with van der Waals surface area (Å²) >= 11 is 0. The minimum absolute atomic E-state index is 0.00706. The van der Waals surface area contributed by atoms with E-state index < -0.39 is 15.8 Å². The van der Waals surface area contributed by atoms with Crippen molar-refractivity contribution in [3.8, 4) is 0 Å². The molecule has 2 atom stereocenters. The zero-order chi connectivity index (χ0) is 14.5. The summed E-state index contributed by atoms with van der Waals surface area (Å²) in [7, 11) is -3.94. The van der Waals surface area contributed by atoms with E-state index >= 15 is 0 Å². The highest BCUT2D eigenvalue weighted by Gasteiger charge is 2.56. The van der Waals surface area contributed by atoms with Crippen LogP contribution in [0.2, 0.25) is 0 Å². The second-order valence-electron chi connectivity index (χ2n) is 5.46. The van der Waals surface area contributed by atoms with Gasteiger partial charge >= 0.3 is 0 Å². The zero-order valence-electron chi connectivity index (χ0n) is 10.7. The van der Waals surface area contributed by atoms with Gasteiger partial charge in [0.25, 0.3) is 0 Å². The van der Waals surface area contributed by atoms with E-state index in [2.05, 4.69) is 5.32 Å². The van der Waals surface area contributed by atoms with Crippen molar-refractivity contribution in [1.82, 2.24) is 0 Å². The number of halogens is 1. The Labute approximate surface area is 116 Å². The van der Waals surface area contributed by atoms with Gasteiger partial charge in [-0.05, 0) is 42.9 Å². The first-order valence-electron chi connectivity index (χ1n) is 6.51. The second-order valence-corrected chi connectivity index (χ2v) is 7.02. The summed E-state index contributed by atoms with van der Waals surface area (Å²) in [6.07, 6.45) is 3.29. The van der Waals surface area contributed by atoms with E-state index in [9.17, 15) is 17.6 Å². The van der Waals surface area contributed by atoms with Crippen molar-refractivity contribution in [2.24, 2.45) is 22.9 Å². The predicted molar refractivity (Wildman–Crippen MR) is 70.7 cm³/mol. The molecule has 20 heavy (non-hydrogen) atoms. The molecule has 0 radical (unpaired) electrons. The van der Waals surface area contributed by atoms with E-state index in [0.29, 0.717) is 11.8 Å². The molecule has 2 unspecified atom stereocenters. The third kappa shape index (κ3) is 2.31. The van der Waals surface area contributed by atoms with Gasteiger partial charge < -0.3 is 5.32 Å². The van der Waals surface area contributed by atoms with E-state index in [1.54, 1.807) is 0 Å². The van der Waals surface area contributed by atoms with Crippen molar-refractivity contribution in [3.05, 3.63) is 24.0 Å². The third-order valence-electron chi connectivity index (χ3n) is 4.24. The number of amides is 1. The Bertz CT molecular complexity index is 664. The predicted octanol–water partition coefficient (Wildman–Crippen LogP) is 1.46. The maximum absolute atomic E-state index is 13.8. The number of anilines is 1. The lowest BCUT2D eigenvalue weighted by atomic mass is 10.1. The van der Waals surface area contributed by atoms with Crippen LogP contribution in [0.5, 0.6) is 0 Å². The number of carbonyl (C=O) groups excluding carboxylic acids is 1. The summed E-state index contributed by atoms with van der Waals surface area (Å²) in [5.41, 5.74) is -0.00706. The maximum atomic E-state index is 13.8. The highest BCUT2D eigenvalue weighted by atomic mass is 32.2. The molecule has 1 aromatic rings. The first-order valence-corrected chi connectivity index (χ1v) is 8.06. The average Bonchev–Trinajstić information content (AvgIpc) is 2.84. The van der Waals surface area contributed by atoms with Crippen LogP contribution >= 0.6 is 0 Å². The van der Waals surface area contributed by atoms with Gasteiger partial charge in [0.2, 0.25) is 15.9 Å². The molecule has 2 fully saturated rings. The Morgan fingerprint density at radius 3 is 2.50 bits per heavy atom. The fourth-order valence-corrected chi connectivity index (χ4v) is 3.73. The lowest BCUT2D eigenvalue weighted by Gasteiger charge is -2.08. The molecule has 3 rings (SSSR count). The van der Waals surface area contributed by atoms with Gasteiger partial charge in [0.05, 0.1) is 10.6 Å². The summed E-state index contributed by atoms with van der Waals surface area (Å²) in [4.78, 5) is 11.7. The fourth-order valence-electron chi connectivity index (χ4n) is 3.20. The lowest BCUT2D eigenvalue weighted by Crippen LogP contribution is -2.18. The van der Waals surface area contributed by atoms with E-state index in [0.717, 1.165) is 25.3 Å². The number of hydrogen-bond acceptors (Lipinski definition) is 3. The molecule has 2 aliphatic carbocycles. The molecule has 108 valence electrons. The maximum Gasteiger partial charge on any atom is 0.238 e. The quantitative estimate of drug-likeness (QED) is 0.885. The highest BCUT2D eigenvalue weighted by molar-refractivity contribution is 7.89. The molecule has 0 spiro atoms. The van der Waals surface area contributed by atoms with Crippen molar-refractivity contribution in [3.63, 3.8) is 0 Å². The van der Waals surface area contributed by atoms with Gasteiger partial charge in [0, 0.05) is 5.92 Å². The summed E-state index contributed by atoms with van der Waals surface area (Å²) in [5.74, 6) is -0.0952. The standard InChI is InChI=1S/C13H15FN2O3S/c14-10-6-7(20(15,18)19)4-5-11(10)16-13(17)12-8-2-1-3-9(8)12/h4-6,8-9,12H,1-3H2,(H,16,17)(H2,15,18,19). The van der Waals surface area contributed by atoms with Crippen LogP contribution < -0.4 is 10.5 Å². The summed E-state index contributed by atoms with van der Waals surface area (Å²) < 4.78 is 36.0. The SMILES string of the molecule is NS(=O)(=O)c1ccc(NC(=O)C2C3CCCC32)c(F)c1. The van der Waals surface area contributed by atoms with Crippen LogP contribution in [0.4, 0.5) is 10.1 Å². The number of rotatable bonds is 3. The number of nitrogens with one attached hydrogen (secondary N) is 1. The van der Waals surface area contributed by atoms with Gasteiger partial charge in [-0.1, -0.05) is 6.42 Å². The molecule has 5 nitrogen and oxygen atoms in total. The van der Waals surface area contributed by atoms with Crippen LogP contribution in [-0.4, -0.2) is 14.3 Å². The van der Waals surface area contributed by atoms with Gasteiger partial charge in [0.15, 0.2) is 0 Å². The van der Waals surface area contributed by atoms with Gasteiger partial charge in [-0.25, -0.2) is 17.9 Å². The minimum Gasteiger partial charge on any atom is -0.323 e. The molecule has 7 heteroatoms. The van der Waals surface area contributed by atoms with Gasteiger partial charge in [-0.3, -0.25) is 4.79 Å². The van der Waals surface area contributed by atoms with E-state index in [1.165, 1.54) is 12.1 Å². The minimum atomic E-state index is -3.94. The summed E-state index contributed by atoms with van der Waals surface area (Å²) in [6.45, 7) is 0. The molecule has 1 amide bonds. The Balaban J connectivity index is 1.73. The molecule has 3 N–H and O–H groups in total. The Hall–Kier alpha value is -1.47. The van der Waals surface area contributed by atoms with Crippen LogP contribution in [0.1, 0.15) is 19.3 Å². The first kappa shape index (κ1) is 13.5. The van der Waals surface area contributed by atoms with E-state index in [4.69, 9.17) is 5.14 Å². The normalized spacial score (nSPS) is 28.0. The number of fused-ring (bicyclic) bond motifs is 1. The molecule has 2 saturated carbocycles. The lowest BCUT2D eigenvalue weighted by molar-refractivity contribution is -0.118. The highest BCUT2D eigenvalue weighted by Crippen LogP contribution is 2.57. The molecule has 0 saturated heterocycles. The van der Waals surface area contributed by atoms with Crippen LogP contribution in [0.3, 0.4) is 0 Å². The number of nitrogens with two attached hydrogens (primary N) is 1. The number of sulfonamides is 1. The van der Waals surface area contributed by atoms with Crippen molar-refractivity contribution in [1.29, 1.82) is 0 Å². The van der Waals surface area contributed by atoms with Crippen LogP contribution in [0.15, 0.2) is 23.1 Å². The topological polar surface area (TPSA) is 89.3 Å². The molecular formula is C13H15FN2O3S. The Morgan fingerprint density at radius 2 is 1.95 bits per heavy atom. The smallest absolute Gasteiger partial charge is 0.238 e. The van der Waals surface area contributed by atoms with Gasteiger partial charge in [-0.2, -0.15) is 0 Å².